The molecule has 2 heteroatoms. The minimum absolute atomic E-state index is 0.0159. The molecule has 1 aromatic carbocycles. The van der Waals surface area contributed by atoms with Crippen LogP contribution < -0.4 is 0 Å². The van der Waals surface area contributed by atoms with Crippen LogP contribution in [0, 0.1) is 0 Å². The summed E-state index contributed by atoms with van der Waals surface area (Å²) in [4.78, 5) is 0. The van der Waals surface area contributed by atoms with Gasteiger partial charge in [-0.25, -0.2) is 0 Å². The van der Waals surface area contributed by atoms with Crippen molar-refractivity contribution in [1.82, 2.24) is 0 Å². The number of benzene rings is 1. The third kappa shape index (κ3) is 2.93. The molecule has 0 N–H and O–H groups in total. The molecule has 0 unspecified atom stereocenters. The zero-order valence-electron chi connectivity index (χ0n) is 10.9. The maximum atomic E-state index is 6.49. The highest BCUT2D eigenvalue weighted by atomic mass is 35.5. The summed E-state index contributed by atoms with van der Waals surface area (Å²) in [5, 5.41) is 1.61. The van der Waals surface area contributed by atoms with Gasteiger partial charge in [-0.1, -0.05) is 64.7 Å². The van der Waals surface area contributed by atoms with Crippen LogP contribution >= 0.6 is 23.2 Å². The lowest BCUT2D eigenvalue weighted by atomic mass is 9.80. The summed E-state index contributed by atoms with van der Waals surface area (Å²) in [5.41, 5.74) is 2.27. The first-order valence-corrected chi connectivity index (χ1v) is 6.29. The maximum Gasteiger partial charge on any atom is 0.0481 e. The molecule has 0 saturated carbocycles. The smallest absolute Gasteiger partial charge is 0.0481 e. The van der Waals surface area contributed by atoms with Crippen molar-refractivity contribution >= 4 is 23.2 Å². The summed E-state index contributed by atoms with van der Waals surface area (Å²) in [7, 11) is 0. The van der Waals surface area contributed by atoms with Crippen molar-refractivity contribution in [1.29, 1.82) is 0 Å². The van der Waals surface area contributed by atoms with Crippen LogP contribution in [0.15, 0.2) is 12.1 Å². The van der Waals surface area contributed by atoms with Gasteiger partial charge in [-0.3, -0.25) is 0 Å². The van der Waals surface area contributed by atoms with Crippen molar-refractivity contribution in [2.24, 2.45) is 0 Å². The zero-order valence-corrected chi connectivity index (χ0v) is 12.4. The van der Waals surface area contributed by atoms with E-state index in [1.807, 2.05) is 12.1 Å². The molecule has 0 bridgehead atoms. The lowest BCUT2D eigenvalue weighted by Gasteiger charge is -2.27. The molecule has 0 atom stereocenters. The van der Waals surface area contributed by atoms with E-state index in [2.05, 4.69) is 41.5 Å². The largest absolute Gasteiger partial charge is 0.0843 e. The van der Waals surface area contributed by atoms with Gasteiger partial charge in [-0.05, 0) is 34.1 Å². The quantitative estimate of drug-likeness (QED) is 0.569. The Kier molecular flexibility index (Phi) is 3.67. The predicted molar refractivity (Wildman–Crippen MR) is 73.9 cm³/mol. The zero-order chi connectivity index (χ0) is 12.7. The molecule has 16 heavy (non-hydrogen) atoms. The molecule has 0 amide bonds. The Hall–Kier alpha value is -0.200. The average molecular weight is 259 g/mol. The second kappa shape index (κ2) is 4.23. The number of hydrogen-bond acceptors (Lipinski definition) is 0. The van der Waals surface area contributed by atoms with Gasteiger partial charge in [0.2, 0.25) is 0 Å². The molecular weight excluding hydrogens is 239 g/mol. The topological polar surface area (TPSA) is 0 Å². The van der Waals surface area contributed by atoms with Crippen LogP contribution in [-0.2, 0) is 10.8 Å². The van der Waals surface area contributed by atoms with Gasteiger partial charge in [0, 0.05) is 10.0 Å². The normalized spacial score (nSPS) is 13.0. The average Bonchev–Trinajstić information content (AvgIpc) is 2.04. The van der Waals surface area contributed by atoms with Gasteiger partial charge in [0.15, 0.2) is 0 Å². The molecular formula is C14H20Cl2. The van der Waals surface area contributed by atoms with Crippen molar-refractivity contribution in [3.63, 3.8) is 0 Å². The summed E-state index contributed by atoms with van der Waals surface area (Å²) >= 11 is 12.7. The third-order valence-corrected chi connectivity index (χ3v) is 3.28. The van der Waals surface area contributed by atoms with Crippen LogP contribution in [-0.4, -0.2) is 0 Å². The van der Waals surface area contributed by atoms with Crippen LogP contribution in [0.4, 0.5) is 0 Å². The van der Waals surface area contributed by atoms with Gasteiger partial charge in [0.05, 0.1) is 0 Å². The fourth-order valence-corrected chi connectivity index (χ4v) is 2.58. The minimum atomic E-state index is 0.0159. The molecule has 0 saturated heterocycles. The lowest BCUT2D eigenvalue weighted by molar-refractivity contribution is 0.569. The van der Waals surface area contributed by atoms with Crippen LogP contribution in [0.1, 0.15) is 52.7 Å². The molecule has 0 aliphatic heterocycles. The van der Waals surface area contributed by atoms with Crippen LogP contribution in [0.5, 0.6) is 0 Å². The van der Waals surface area contributed by atoms with E-state index in [-0.39, 0.29) is 10.8 Å². The van der Waals surface area contributed by atoms with E-state index in [1.54, 1.807) is 0 Å². The highest BCUT2D eigenvalue weighted by Crippen LogP contribution is 2.39. The van der Waals surface area contributed by atoms with Crippen LogP contribution in [0.25, 0.3) is 0 Å². The molecule has 0 aromatic heterocycles. The maximum absolute atomic E-state index is 6.49. The first-order chi connectivity index (χ1) is 7.03. The fourth-order valence-electron chi connectivity index (χ4n) is 1.68. The van der Waals surface area contributed by atoms with E-state index >= 15 is 0 Å². The molecule has 1 aromatic rings. The molecule has 0 fully saturated rings. The Morgan fingerprint density at radius 3 is 1.31 bits per heavy atom. The second-order valence-corrected chi connectivity index (χ2v) is 7.13. The Balaban J connectivity index is 3.51. The van der Waals surface area contributed by atoms with Gasteiger partial charge in [-0.15, -0.1) is 0 Å². The summed E-state index contributed by atoms with van der Waals surface area (Å²) < 4.78 is 0. The second-order valence-electron chi connectivity index (χ2n) is 6.31. The fraction of sp³-hybridized carbons (Fsp3) is 0.571. The summed E-state index contributed by atoms with van der Waals surface area (Å²) in [6.07, 6.45) is 0. The predicted octanol–water partition coefficient (Wildman–Crippen LogP) is 5.59. The standard InChI is InChI=1S/C14H20Cl2/c1-13(2,3)10-7-9(15)8-11(12(10)16)14(4,5)6/h7-8H,1-6H3. The number of rotatable bonds is 0. The SMILES string of the molecule is CC(C)(C)c1cc(Cl)cc(C(C)(C)C)c1Cl. The van der Waals surface area contributed by atoms with E-state index in [0.717, 1.165) is 21.2 Å². The van der Waals surface area contributed by atoms with Gasteiger partial charge in [0.25, 0.3) is 0 Å². The van der Waals surface area contributed by atoms with Crippen molar-refractivity contribution in [3.8, 4) is 0 Å². The highest BCUT2D eigenvalue weighted by molar-refractivity contribution is 6.34. The molecule has 0 nitrogen and oxygen atoms in total. The first-order valence-electron chi connectivity index (χ1n) is 5.53. The Morgan fingerprint density at radius 2 is 1.06 bits per heavy atom. The van der Waals surface area contributed by atoms with E-state index in [4.69, 9.17) is 23.2 Å². The number of halogens is 2. The Morgan fingerprint density at radius 1 is 0.750 bits per heavy atom. The molecule has 90 valence electrons. The number of hydrogen-bond donors (Lipinski definition) is 0. The van der Waals surface area contributed by atoms with Gasteiger partial charge < -0.3 is 0 Å². The molecule has 0 heterocycles. The third-order valence-electron chi connectivity index (χ3n) is 2.65. The van der Waals surface area contributed by atoms with E-state index in [0.29, 0.717) is 0 Å². The molecule has 0 radical (unpaired) electrons. The van der Waals surface area contributed by atoms with Crippen molar-refractivity contribution in [2.45, 2.75) is 52.4 Å². The Bertz CT molecular complexity index is 357. The minimum Gasteiger partial charge on any atom is -0.0843 e. The highest BCUT2D eigenvalue weighted by Gasteiger charge is 2.25. The summed E-state index contributed by atoms with van der Waals surface area (Å²) in [6.45, 7) is 12.9. The van der Waals surface area contributed by atoms with Gasteiger partial charge in [0.1, 0.15) is 0 Å². The Labute approximate surface area is 109 Å². The van der Waals surface area contributed by atoms with E-state index in [9.17, 15) is 0 Å². The van der Waals surface area contributed by atoms with Crippen molar-refractivity contribution in [2.75, 3.05) is 0 Å². The van der Waals surface area contributed by atoms with E-state index < -0.39 is 0 Å². The molecule has 0 aliphatic carbocycles. The van der Waals surface area contributed by atoms with E-state index in [1.165, 1.54) is 0 Å². The molecule has 1 rings (SSSR count). The molecule has 0 aliphatic rings. The van der Waals surface area contributed by atoms with Crippen molar-refractivity contribution in [3.05, 3.63) is 33.3 Å². The lowest BCUT2D eigenvalue weighted by Crippen LogP contribution is -2.17. The van der Waals surface area contributed by atoms with Crippen molar-refractivity contribution < 1.29 is 0 Å². The monoisotopic (exact) mass is 258 g/mol. The summed E-state index contributed by atoms with van der Waals surface area (Å²) in [5.74, 6) is 0. The van der Waals surface area contributed by atoms with Gasteiger partial charge in [-0.2, -0.15) is 0 Å². The van der Waals surface area contributed by atoms with Crippen LogP contribution in [0.3, 0.4) is 0 Å². The van der Waals surface area contributed by atoms with Crippen LogP contribution in [0.2, 0.25) is 10.0 Å². The summed E-state index contributed by atoms with van der Waals surface area (Å²) in [6, 6.07) is 3.94. The first kappa shape index (κ1) is 13.9. The van der Waals surface area contributed by atoms with Gasteiger partial charge >= 0.3 is 0 Å². The molecule has 0 spiro atoms.